The molecule has 0 fully saturated rings. The van der Waals surface area contributed by atoms with Gasteiger partial charge in [0.15, 0.2) is 17.5 Å². The predicted octanol–water partition coefficient (Wildman–Crippen LogP) is 10.7. The van der Waals surface area contributed by atoms with E-state index >= 15 is 0 Å². The first-order valence-electron chi connectivity index (χ1n) is 15.0. The SMILES string of the molecule is c1ccc(-c2ccc3c(c2)oc2ccc(-c4nc(-c5ccccc5)nc(-c5ccc6c(ccc7ccccc76)c5)n4)cc23)cc1. The van der Waals surface area contributed by atoms with Crippen molar-refractivity contribution in [2.24, 2.45) is 0 Å². The Hall–Kier alpha value is -6.13. The van der Waals surface area contributed by atoms with Crippen LogP contribution in [0.1, 0.15) is 0 Å². The van der Waals surface area contributed by atoms with Gasteiger partial charge in [0.05, 0.1) is 0 Å². The molecule has 4 heteroatoms. The highest BCUT2D eigenvalue weighted by Crippen LogP contribution is 2.35. The second-order valence-corrected chi connectivity index (χ2v) is 11.3. The summed E-state index contributed by atoms with van der Waals surface area (Å²) >= 11 is 0. The first kappa shape index (κ1) is 25.4. The largest absolute Gasteiger partial charge is 0.456 e. The lowest BCUT2D eigenvalue weighted by Crippen LogP contribution is -2.00. The smallest absolute Gasteiger partial charge is 0.164 e. The Labute approximate surface area is 259 Å². The number of hydrogen-bond acceptors (Lipinski definition) is 4. The van der Waals surface area contributed by atoms with Gasteiger partial charge in [-0.05, 0) is 69.1 Å². The summed E-state index contributed by atoms with van der Waals surface area (Å²) in [5, 5.41) is 6.91. The molecule has 0 spiro atoms. The van der Waals surface area contributed by atoms with E-state index in [1.165, 1.54) is 16.2 Å². The Morgan fingerprint density at radius 2 is 0.889 bits per heavy atom. The number of hydrogen-bond donors (Lipinski definition) is 0. The van der Waals surface area contributed by atoms with Crippen molar-refractivity contribution in [3.05, 3.63) is 152 Å². The molecule has 0 N–H and O–H groups in total. The number of furan rings is 1. The third-order valence-corrected chi connectivity index (χ3v) is 8.51. The molecular weight excluding hydrogens is 550 g/mol. The average molecular weight is 576 g/mol. The van der Waals surface area contributed by atoms with Gasteiger partial charge in [0, 0.05) is 27.5 Å². The van der Waals surface area contributed by atoms with Gasteiger partial charge in [0.25, 0.3) is 0 Å². The molecule has 0 aliphatic carbocycles. The highest BCUT2D eigenvalue weighted by molar-refractivity contribution is 6.09. The van der Waals surface area contributed by atoms with Crippen LogP contribution < -0.4 is 0 Å². The Balaban J connectivity index is 1.19. The maximum absolute atomic E-state index is 6.31. The number of aromatic nitrogens is 3. The van der Waals surface area contributed by atoms with Crippen LogP contribution in [0.3, 0.4) is 0 Å². The molecule has 210 valence electrons. The summed E-state index contributed by atoms with van der Waals surface area (Å²) < 4.78 is 6.31. The first-order chi connectivity index (χ1) is 22.3. The van der Waals surface area contributed by atoms with Gasteiger partial charge in [-0.1, -0.05) is 115 Å². The maximum Gasteiger partial charge on any atom is 0.164 e. The van der Waals surface area contributed by atoms with Crippen LogP contribution in [-0.4, -0.2) is 15.0 Å². The lowest BCUT2D eigenvalue weighted by atomic mass is 10.00. The van der Waals surface area contributed by atoms with E-state index in [9.17, 15) is 0 Å². The minimum Gasteiger partial charge on any atom is -0.456 e. The van der Waals surface area contributed by atoms with Crippen molar-refractivity contribution in [3.63, 3.8) is 0 Å². The van der Waals surface area contributed by atoms with Crippen LogP contribution in [0.25, 0.3) is 88.8 Å². The molecule has 0 amide bonds. The molecule has 2 heterocycles. The Kier molecular flexibility index (Phi) is 5.78. The second kappa shape index (κ2) is 10.2. The summed E-state index contributed by atoms with van der Waals surface area (Å²) in [6, 6.07) is 52.3. The van der Waals surface area contributed by atoms with Gasteiger partial charge in [-0.25, -0.2) is 15.0 Å². The van der Waals surface area contributed by atoms with E-state index in [1.54, 1.807) is 0 Å². The van der Waals surface area contributed by atoms with E-state index in [2.05, 4.69) is 103 Å². The Bertz CT molecular complexity index is 2540. The molecule has 0 atom stereocenters. The zero-order valence-electron chi connectivity index (χ0n) is 24.2. The summed E-state index contributed by atoms with van der Waals surface area (Å²) in [7, 11) is 0. The van der Waals surface area contributed by atoms with Crippen molar-refractivity contribution < 1.29 is 4.42 Å². The second-order valence-electron chi connectivity index (χ2n) is 11.3. The molecule has 9 rings (SSSR count). The fourth-order valence-electron chi connectivity index (χ4n) is 6.23. The van der Waals surface area contributed by atoms with Gasteiger partial charge < -0.3 is 4.42 Å². The van der Waals surface area contributed by atoms with Crippen LogP contribution in [0.15, 0.2) is 156 Å². The fourth-order valence-corrected chi connectivity index (χ4v) is 6.23. The quantitative estimate of drug-likeness (QED) is 0.196. The number of fused-ring (bicyclic) bond motifs is 6. The van der Waals surface area contributed by atoms with E-state index in [0.29, 0.717) is 17.5 Å². The highest BCUT2D eigenvalue weighted by atomic mass is 16.3. The molecular formula is C41H25N3O. The van der Waals surface area contributed by atoms with E-state index in [4.69, 9.17) is 19.4 Å². The Morgan fingerprint density at radius 1 is 0.311 bits per heavy atom. The zero-order valence-corrected chi connectivity index (χ0v) is 24.2. The van der Waals surface area contributed by atoms with E-state index in [-0.39, 0.29) is 0 Å². The Morgan fingerprint density at radius 3 is 1.69 bits per heavy atom. The van der Waals surface area contributed by atoms with Crippen molar-refractivity contribution in [2.45, 2.75) is 0 Å². The van der Waals surface area contributed by atoms with Gasteiger partial charge in [0.2, 0.25) is 0 Å². The van der Waals surface area contributed by atoms with Crippen LogP contribution in [0.5, 0.6) is 0 Å². The predicted molar refractivity (Wildman–Crippen MR) is 184 cm³/mol. The number of nitrogens with zero attached hydrogens (tertiary/aromatic N) is 3. The normalized spacial score (nSPS) is 11.6. The van der Waals surface area contributed by atoms with Gasteiger partial charge in [-0.3, -0.25) is 0 Å². The summed E-state index contributed by atoms with van der Waals surface area (Å²) in [5.74, 6) is 1.90. The molecule has 9 aromatic rings. The molecule has 0 aliphatic heterocycles. The molecule has 0 radical (unpaired) electrons. The average Bonchev–Trinajstić information content (AvgIpc) is 3.49. The third kappa shape index (κ3) is 4.43. The van der Waals surface area contributed by atoms with Crippen molar-refractivity contribution in [3.8, 4) is 45.3 Å². The molecule has 0 saturated heterocycles. The maximum atomic E-state index is 6.31. The summed E-state index contributed by atoms with van der Waals surface area (Å²) in [4.78, 5) is 15.0. The van der Waals surface area contributed by atoms with Crippen molar-refractivity contribution in [1.82, 2.24) is 15.0 Å². The topological polar surface area (TPSA) is 51.8 Å². The third-order valence-electron chi connectivity index (χ3n) is 8.51. The van der Waals surface area contributed by atoms with Crippen molar-refractivity contribution in [2.75, 3.05) is 0 Å². The van der Waals surface area contributed by atoms with E-state index in [0.717, 1.165) is 55.1 Å². The zero-order chi connectivity index (χ0) is 29.7. The summed E-state index contributed by atoms with van der Waals surface area (Å²) in [6.45, 7) is 0. The van der Waals surface area contributed by atoms with Crippen LogP contribution in [0, 0.1) is 0 Å². The molecule has 7 aromatic carbocycles. The van der Waals surface area contributed by atoms with E-state index in [1.807, 2.05) is 48.5 Å². The van der Waals surface area contributed by atoms with Crippen molar-refractivity contribution in [1.29, 1.82) is 0 Å². The summed E-state index contributed by atoms with van der Waals surface area (Å²) in [6.07, 6.45) is 0. The number of rotatable bonds is 4. The van der Waals surface area contributed by atoms with Crippen LogP contribution >= 0.6 is 0 Å². The lowest BCUT2D eigenvalue weighted by molar-refractivity contribution is 0.669. The lowest BCUT2D eigenvalue weighted by Gasteiger charge is -2.10. The minimum absolute atomic E-state index is 0.620. The molecule has 0 unspecified atom stereocenters. The highest BCUT2D eigenvalue weighted by Gasteiger charge is 2.15. The molecule has 4 nitrogen and oxygen atoms in total. The standard InChI is InChI=1S/C41H25N3O/c1-3-9-26(10-4-1)29-17-21-35-36-24-32(19-22-37(36)45-38(35)25-29)41-43-39(28-12-5-2-6-13-28)42-40(44-41)31-18-20-34-30(23-31)16-15-27-11-7-8-14-33(27)34/h1-25H. The van der Waals surface area contributed by atoms with E-state index < -0.39 is 0 Å². The van der Waals surface area contributed by atoms with Gasteiger partial charge in [-0.15, -0.1) is 0 Å². The molecule has 0 bridgehead atoms. The van der Waals surface area contributed by atoms with Gasteiger partial charge in [0.1, 0.15) is 11.2 Å². The van der Waals surface area contributed by atoms with Crippen LogP contribution in [0.2, 0.25) is 0 Å². The molecule has 45 heavy (non-hydrogen) atoms. The molecule has 0 aliphatic rings. The summed E-state index contributed by atoms with van der Waals surface area (Å²) in [5.41, 5.74) is 6.77. The number of benzene rings is 7. The molecule has 2 aromatic heterocycles. The monoisotopic (exact) mass is 575 g/mol. The van der Waals surface area contributed by atoms with Crippen LogP contribution in [-0.2, 0) is 0 Å². The van der Waals surface area contributed by atoms with Crippen molar-refractivity contribution >= 4 is 43.5 Å². The fraction of sp³-hybridized carbons (Fsp3) is 0. The molecule has 0 saturated carbocycles. The van der Waals surface area contributed by atoms with Gasteiger partial charge >= 0.3 is 0 Å². The minimum atomic E-state index is 0.620. The first-order valence-corrected chi connectivity index (χ1v) is 15.0. The van der Waals surface area contributed by atoms with Crippen LogP contribution in [0.4, 0.5) is 0 Å². The van der Waals surface area contributed by atoms with Gasteiger partial charge in [-0.2, -0.15) is 0 Å².